The van der Waals surface area contributed by atoms with Crippen LogP contribution in [0.3, 0.4) is 0 Å². The van der Waals surface area contributed by atoms with Crippen molar-refractivity contribution in [2.24, 2.45) is 0 Å². The molecular formula is C8H15ClO3. The lowest BCUT2D eigenvalue weighted by Crippen LogP contribution is -2.05. The molecule has 0 aromatic rings. The molecule has 0 fully saturated rings. The van der Waals surface area contributed by atoms with Gasteiger partial charge in [0.05, 0.1) is 5.38 Å². The van der Waals surface area contributed by atoms with Gasteiger partial charge in [-0.15, -0.1) is 11.6 Å². The summed E-state index contributed by atoms with van der Waals surface area (Å²) in [6, 6.07) is 0. The highest BCUT2D eigenvalue weighted by atomic mass is 35.5. The molecule has 0 aliphatic rings. The Labute approximate surface area is 77.3 Å². The average molecular weight is 195 g/mol. The standard InChI is InChI=1S/C8H15ClO3/c1-2-3-4-5-6(9)7(10)8(11)12/h6,10-12H,2-5H2,1H3. The zero-order chi connectivity index (χ0) is 9.56. The van der Waals surface area contributed by atoms with E-state index in [1.54, 1.807) is 0 Å². The first-order valence-corrected chi connectivity index (χ1v) is 4.48. The third-order valence-electron chi connectivity index (χ3n) is 1.59. The fourth-order valence-electron chi connectivity index (χ4n) is 0.850. The Kier molecular flexibility index (Phi) is 5.72. The van der Waals surface area contributed by atoms with Gasteiger partial charge in [-0.05, 0) is 6.42 Å². The van der Waals surface area contributed by atoms with Crippen LogP contribution in [0.5, 0.6) is 0 Å². The summed E-state index contributed by atoms with van der Waals surface area (Å²) >= 11 is 5.63. The highest BCUT2D eigenvalue weighted by molar-refractivity contribution is 6.22. The second kappa shape index (κ2) is 6.00. The quantitative estimate of drug-likeness (QED) is 0.358. The van der Waals surface area contributed by atoms with Crippen LogP contribution in [0.4, 0.5) is 0 Å². The molecule has 3 N–H and O–H groups in total. The zero-order valence-corrected chi connectivity index (χ0v) is 7.88. The maximum atomic E-state index is 8.94. The molecule has 0 radical (unpaired) electrons. The van der Waals surface area contributed by atoms with Crippen molar-refractivity contribution in [2.45, 2.75) is 38.0 Å². The normalized spacial score (nSPS) is 12.5. The van der Waals surface area contributed by atoms with Crippen LogP contribution >= 0.6 is 11.6 Å². The second-order valence-corrected chi connectivity index (χ2v) is 3.20. The van der Waals surface area contributed by atoms with Crippen LogP contribution in [0.2, 0.25) is 0 Å². The summed E-state index contributed by atoms with van der Waals surface area (Å²) in [5.41, 5.74) is 0. The summed E-state index contributed by atoms with van der Waals surface area (Å²) in [5.74, 6) is -1.61. The largest absolute Gasteiger partial charge is 0.505 e. The van der Waals surface area contributed by atoms with Gasteiger partial charge in [0.1, 0.15) is 0 Å². The molecule has 0 bridgehead atoms. The van der Waals surface area contributed by atoms with E-state index in [0.717, 1.165) is 19.3 Å². The van der Waals surface area contributed by atoms with Crippen molar-refractivity contribution >= 4 is 11.6 Å². The maximum absolute atomic E-state index is 8.94. The van der Waals surface area contributed by atoms with Crippen molar-refractivity contribution in [1.29, 1.82) is 0 Å². The fourth-order valence-corrected chi connectivity index (χ4v) is 1.10. The minimum absolute atomic E-state index is 0.534. The summed E-state index contributed by atoms with van der Waals surface area (Å²) in [6.45, 7) is 2.06. The van der Waals surface area contributed by atoms with Crippen LogP contribution in [0.15, 0.2) is 11.7 Å². The van der Waals surface area contributed by atoms with Gasteiger partial charge in [-0.2, -0.15) is 0 Å². The first-order valence-electron chi connectivity index (χ1n) is 4.04. The number of hydrogen-bond acceptors (Lipinski definition) is 3. The summed E-state index contributed by atoms with van der Waals surface area (Å²) in [7, 11) is 0. The van der Waals surface area contributed by atoms with Gasteiger partial charge in [0.25, 0.3) is 0 Å². The van der Waals surface area contributed by atoms with E-state index < -0.39 is 17.1 Å². The molecule has 0 spiro atoms. The zero-order valence-electron chi connectivity index (χ0n) is 7.13. The van der Waals surface area contributed by atoms with Crippen LogP contribution in [0, 0.1) is 0 Å². The molecule has 0 amide bonds. The van der Waals surface area contributed by atoms with Crippen molar-refractivity contribution < 1.29 is 15.3 Å². The van der Waals surface area contributed by atoms with Crippen molar-refractivity contribution in [2.75, 3.05) is 0 Å². The molecule has 0 saturated heterocycles. The van der Waals surface area contributed by atoms with E-state index >= 15 is 0 Å². The molecule has 0 heterocycles. The summed E-state index contributed by atoms with van der Waals surface area (Å²) < 4.78 is 0. The Hall–Kier alpha value is -0.570. The Morgan fingerprint density at radius 1 is 1.25 bits per heavy atom. The molecule has 1 unspecified atom stereocenters. The fraction of sp³-hybridized carbons (Fsp3) is 0.750. The van der Waals surface area contributed by atoms with Crippen LogP contribution in [0.25, 0.3) is 0 Å². The second-order valence-electron chi connectivity index (χ2n) is 2.67. The van der Waals surface area contributed by atoms with Crippen LogP contribution < -0.4 is 0 Å². The molecule has 0 aliphatic heterocycles. The van der Waals surface area contributed by atoms with Crippen molar-refractivity contribution in [3.8, 4) is 0 Å². The molecule has 0 rings (SSSR count). The number of alkyl halides is 1. The van der Waals surface area contributed by atoms with E-state index in [-0.39, 0.29) is 0 Å². The first kappa shape index (κ1) is 11.4. The topological polar surface area (TPSA) is 60.7 Å². The third-order valence-corrected chi connectivity index (χ3v) is 2.01. The molecule has 1 atom stereocenters. The molecule has 0 aromatic carbocycles. The van der Waals surface area contributed by atoms with Gasteiger partial charge in [-0.1, -0.05) is 26.2 Å². The Morgan fingerprint density at radius 2 is 1.83 bits per heavy atom. The van der Waals surface area contributed by atoms with E-state index in [4.69, 9.17) is 26.9 Å². The Balaban J connectivity index is 3.72. The predicted octanol–water partition coefficient (Wildman–Crippen LogP) is 3.02. The lowest BCUT2D eigenvalue weighted by molar-refractivity contribution is 0.154. The van der Waals surface area contributed by atoms with E-state index in [2.05, 4.69) is 6.92 Å². The Bertz CT molecular complexity index is 152. The molecule has 0 aromatic heterocycles. The SMILES string of the molecule is CCCCCC(Cl)C(O)=C(O)O. The number of allylic oxidation sites excluding steroid dienone is 1. The summed E-state index contributed by atoms with van der Waals surface area (Å²) in [4.78, 5) is 0. The summed E-state index contributed by atoms with van der Waals surface area (Å²) in [5, 5.41) is 25.2. The van der Waals surface area contributed by atoms with Gasteiger partial charge in [0.2, 0.25) is 0 Å². The molecule has 0 saturated carbocycles. The van der Waals surface area contributed by atoms with Crippen molar-refractivity contribution in [3.05, 3.63) is 11.7 Å². The Morgan fingerprint density at radius 3 is 2.25 bits per heavy atom. The number of rotatable bonds is 5. The highest BCUT2D eigenvalue weighted by Crippen LogP contribution is 2.16. The van der Waals surface area contributed by atoms with Gasteiger partial charge >= 0.3 is 5.95 Å². The minimum Gasteiger partial charge on any atom is -0.505 e. The lowest BCUT2D eigenvalue weighted by Gasteiger charge is -2.07. The van der Waals surface area contributed by atoms with E-state index in [0.29, 0.717) is 6.42 Å². The van der Waals surface area contributed by atoms with Gasteiger partial charge in [-0.3, -0.25) is 0 Å². The smallest absolute Gasteiger partial charge is 0.315 e. The number of halogens is 1. The van der Waals surface area contributed by atoms with Gasteiger partial charge in [0.15, 0.2) is 5.76 Å². The highest BCUT2D eigenvalue weighted by Gasteiger charge is 2.13. The van der Waals surface area contributed by atoms with Gasteiger partial charge < -0.3 is 15.3 Å². The van der Waals surface area contributed by atoms with E-state index in [1.165, 1.54) is 0 Å². The van der Waals surface area contributed by atoms with E-state index in [9.17, 15) is 0 Å². The molecular weight excluding hydrogens is 180 g/mol. The lowest BCUT2D eigenvalue weighted by atomic mass is 10.1. The van der Waals surface area contributed by atoms with Crippen molar-refractivity contribution in [3.63, 3.8) is 0 Å². The summed E-state index contributed by atoms with van der Waals surface area (Å²) in [6.07, 6.45) is 3.54. The molecule has 3 nitrogen and oxygen atoms in total. The maximum Gasteiger partial charge on any atom is 0.315 e. The van der Waals surface area contributed by atoms with Crippen LogP contribution in [-0.2, 0) is 0 Å². The van der Waals surface area contributed by atoms with Crippen LogP contribution in [-0.4, -0.2) is 20.7 Å². The van der Waals surface area contributed by atoms with E-state index in [1.807, 2.05) is 0 Å². The molecule has 12 heavy (non-hydrogen) atoms. The number of aliphatic hydroxyl groups excluding tert-OH is 2. The monoisotopic (exact) mass is 194 g/mol. The average Bonchev–Trinajstić information content (AvgIpc) is 2.03. The molecule has 0 aliphatic carbocycles. The van der Waals surface area contributed by atoms with Crippen LogP contribution in [0.1, 0.15) is 32.6 Å². The van der Waals surface area contributed by atoms with Crippen molar-refractivity contribution in [1.82, 2.24) is 0 Å². The molecule has 72 valence electrons. The van der Waals surface area contributed by atoms with Gasteiger partial charge in [-0.25, -0.2) is 0 Å². The van der Waals surface area contributed by atoms with Gasteiger partial charge in [0, 0.05) is 0 Å². The number of aliphatic hydroxyl groups is 3. The number of unbranched alkanes of at least 4 members (excludes halogenated alkanes) is 2. The minimum atomic E-state index is -1.08. The first-order chi connectivity index (χ1) is 5.59. The number of hydrogen-bond donors (Lipinski definition) is 3. The molecule has 4 heteroatoms. The third kappa shape index (κ3) is 4.34. The predicted molar refractivity (Wildman–Crippen MR) is 48.7 cm³/mol.